The number of hydrogen-bond donors (Lipinski definition) is 2. The van der Waals surface area contributed by atoms with Gasteiger partial charge in [0, 0.05) is 24.5 Å². The Morgan fingerprint density at radius 3 is 2.56 bits per heavy atom. The molecule has 0 aliphatic rings. The lowest BCUT2D eigenvalue weighted by molar-refractivity contribution is -0.144. The Labute approximate surface area is 159 Å². The largest absolute Gasteiger partial charge is 0.451 e. The second-order valence-electron chi connectivity index (χ2n) is 6.03. The van der Waals surface area contributed by atoms with Crippen molar-refractivity contribution in [1.82, 2.24) is 15.2 Å². The van der Waals surface area contributed by atoms with Crippen LogP contribution in [0.2, 0.25) is 0 Å². The number of esters is 1. The minimum Gasteiger partial charge on any atom is -0.451 e. The lowest BCUT2D eigenvalue weighted by Crippen LogP contribution is -2.41. The Balaban J connectivity index is 2.74. The number of nitrogens with one attached hydrogen (secondary N) is 2. The highest BCUT2D eigenvalue weighted by Crippen LogP contribution is 2.19. The van der Waals surface area contributed by atoms with Gasteiger partial charge >= 0.3 is 12.0 Å². The van der Waals surface area contributed by atoms with Crippen LogP contribution in [0.15, 0.2) is 11.6 Å². The minimum atomic E-state index is -0.915. The molecule has 8 nitrogen and oxygen atoms in total. The standard InChI is InChI=1S/C19H26N4O4/c1-5-7-21-19(26)22-17(24)12-27-18(25)16(11-20)10-15-9-13(3)23(8-6-2)14(15)4/h9-10H,5-8,12H2,1-4H3,(H2,21,22,24,26). The number of aryl methyl sites for hydroxylation is 1. The summed E-state index contributed by atoms with van der Waals surface area (Å²) >= 11 is 0. The fourth-order valence-corrected chi connectivity index (χ4v) is 2.49. The molecule has 1 rings (SSSR count). The lowest BCUT2D eigenvalue weighted by atomic mass is 10.1. The number of aromatic nitrogens is 1. The van der Waals surface area contributed by atoms with Gasteiger partial charge in [0.15, 0.2) is 6.61 Å². The molecule has 0 radical (unpaired) electrons. The SMILES string of the molecule is CCCNC(=O)NC(=O)COC(=O)C(C#N)=Cc1cc(C)n(CCC)c1C. The fraction of sp³-hybridized carbons (Fsp3) is 0.474. The molecule has 0 bridgehead atoms. The summed E-state index contributed by atoms with van der Waals surface area (Å²) in [5, 5.41) is 13.7. The summed E-state index contributed by atoms with van der Waals surface area (Å²) in [4.78, 5) is 35.0. The molecular weight excluding hydrogens is 348 g/mol. The summed E-state index contributed by atoms with van der Waals surface area (Å²) in [6.07, 6.45) is 3.14. The number of nitriles is 1. The fourth-order valence-electron chi connectivity index (χ4n) is 2.49. The van der Waals surface area contributed by atoms with Crippen molar-refractivity contribution in [3.8, 4) is 6.07 Å². The van der Waals surface area contributed by atoms with E-state index in [-0.39, 0.29) is 5.57 Å². The van der Waals surface area contributed by atoms with Crippen LogP contribution in [0.25, 0.3) is 6.08 Å². The summed E-state index contributed by atoms with van der Waals surface area (Å²) in [5.74, 6) is -1.68. The summed E-state index contributed by atoms with van der Waals surface area (Å²) in [7, 11) is 0. The molecule has 0 unspecified atom stereocenters. The van der Waals surface area contributed by atoms with Crippen LogP contribution in [0.3, 0.4) is 0 Å². The normalized spacial score (nSPS) is 10.9. The van der Waals surface area contributed by atoms with Crippen LogP contribution in [-0.4, -0.2) is 35.6 Å². The first-order chi connectivity index (χ1) is 12.8. The summed E-state index contributed by atoms with van der Waals surface area (Å²) in [6, 6.07) is 3.03. The zero-order valence-electron chi connectivity index (χ0n) is 16.2. The molecule has 0 saturated carbocycles. The van der Waals surface area contributed by atoms with Gasteiger partial charge in [-0.1, -0.05) is 13.8 Å². The van der Waals surface area contributed by atoms with Crippen LogP contribution in [0, 0.1) is 25.2 Å². The highest BCUT2D eigenvalue weighted by atomic mass is 16.5. The summed E-state index contributed by atoms with van der Waals surface area (Å²) < 4.78 is 6.94. The molecular formula is C19H26N4O4. The maximum Gasteiger partial charge on any atom is 0.349 e. The van der Waals surface area contributed by atoms with E-state index in [1.165, 1.54) is 6.08 Å². The van der Waals surface area contributed by atoms with Crippen molar-refractivity contribution in [2.45, 2.75) is 47.1 Å². The second kappa shape index (κ2) is 10.8. The molecule has 1 aromatic rings. The molecule has 0 atom stereocenters. The van der Waals surface area contributed by atoms with Gasteiger partial charge in [-0.15, -0.1) is 0 Å². The Hall–Kier alpha value is -3.08. The van der Waals surface area contributed by atoms with Crippen molar-refractivity contribution < 1.29 is 19.1 Å². The number of carbonyl (C=O) groups excluding carboxylic acids is 3. The number of urea groups is 1. The van der Waals surface area contributed by atoms with Gasteiger partial charge in [0.1, 0.15) is 11.6 Å². The van der Waals surface area contributed by atoms with Gasteiger partial charge in [-0.2, -0.15) is 5.26 Å². The maximum atomic E-state index is 12.1. The lowest BCUT2D eigenvalue weighted by Gasteiger charge is -2.07. The van der Waals surface area contributed by atoms with Crippen molar-refractivity contribution in [1.29, 1.82) is 5.26 Å². The van der Waals surface area contributed by atoms with Crippen molar-refractivity contribution in [3.63, 3.8) is 0 Å². The minimum absolute atomic E-state index is 0.213. The predicted molar refractivity (Wildman–Crippen MR) is 101 cm³/mol. The van der Waals surface area contributed by atoms with E-state index in [1.807, 2.05) is 32.2 Å². The van der Waals surface area contributed by atoms with Crippen LogP contribution >= 0.6 is 0 Å². The van der Waals surface area contributed by atoms with E-state index < -0.39 is 24.5 Å². The van der Waals surface area contributed by atoms with Crippen LogP contribution < -0.4 is 10.6 Å². The molecule has 0 fully saturated rings. The van der Waals surface area contributed by atoms with Gasteiger partial charge in [-0.25, -0.2) is 9.59 Å². The van der Waals surface area contributed by atoms with E-state index in [2.05, 4.69) is 16.8 Å². The predicted octanol–water partition coefficient (Wildman–Crippen LogP) is 2.20. The molecule has 0 aliphatic heterocycles. The maximum absolute atomic E-state index is 12.1. The average Bonchev–Trinajstić information content (AvgIpc) is 2.90. The van der Waals surface area contributed by atoms with Gasteiger partial charge in [0.25, 0.3) is 5.91 Å². The van der Waals surface area contributed by atoms with Gasteiger partial charge in [0.05, 0.1) is 0 Å². The van der Waals surface area contributed by atoms with E-state index in [0.29, 0.717) is 6.54 Å². The molecule has 0 aromatic carbocycles. The van der Waals surface area contributed by atoms with E-state index in [1.54, 1.807) is 6.07 Å². The van der Waals surface area contributed by atoms with Crippen LogP contribution in [0.4, 0.5) is 4.79 Å². The number of imide groups is 1. The first-order valence-corrected chi connectivity index (χ1v) is 8.87. The van der Waals surface area contributed by atoms with Crippen molar-refractivity contribution in [2.75, 3.05) is 13.2 Å². The Kier molecular flexibility index (Phi) is 8.79. The first-order valence-electron chi connectivity index (χ1n) is 8.87. The van der Waals surface area contributed by atoms with E-state index in [9.17, 15) is 19.6 Å². The van der Waals surface area contributed by atoms with Gasteiger partial charge in [-0.3, -0.25) is 10.1 Å². The molecule has 8 heteroatoms. The first kappa shape index (κ1) is 22.0. The molecule has 0 saturated heterocycles. The van der Waals surface area contributed by atoms with E-state index in [4.69, 9.17) is 4.74 Å². The molecule has 0 aliphatic carbocycles. The smallest absolute Gasteiger partial charge is 0.349 e. The number of nitrogens with zero attached hydrogens (tertiary/aromatic N) is 2. The number of ether oxygens (including phenoxy) is 1. The van der Waals surface area contributed by atoms with Crippen LogP contribution in [0.1, 0.15) is 43.6 Å². The van der Waals surface area contributed by atoms with Gasteiger partial charge in [-0.05, 0) is 44.4 Å². The zero-order chi connectivity index (χ0) is 20.4. The molecule has 0 spiro atoms. The molecule has 3 amide bonds. The molecule has 27 heavy (non-hydrogen) atoms. The zero-order valence-corrected chi connectivity index (χ0v) is 16.2. The number of hydrogen-bond acceptors (Lipinski definition) is 5. The van der Waals surface area contributed by atoms with Crippen LogP contribution in [0.5, 0.6) is 0 Å². The number of carbonyl (C=O) groups is 3. The third-order valence-electron chi connectivity index (χ3n) is 3.82. The number of rotatable bonds is 8. The van der Waals surface area contributed by atoms with Crippen molar-refractivity contribution >= 4 is 24.0 Å². The number of amides is 3. The molecule has 1 heterocycles. The quantitative estimate of drug-likeness (QED) is 0.411. The summed E-state index contributed by atoms with van der Waals surface area (Å²) in [5.41, 5.74) is 2.51. The van der Waals surface area contributed by atoms with Crippen molar-refractivity contribution in [2.24, 2.45) is 0 Å². The van der Waals surface area contributed by atoms with E-state index in [0.717, 1.165) is 36.3 Å². The highest BCUT2D eigenvalue weighted by molar-refractivity contribution is 6.00. The third kappa shape index (κ3) is 6.62. The third-order valence-corrected chi connectivity index (χ3v) is 3.82. The van der Waals surface area contributed by atoms with E-state index >= 15 is 0 Å². The monoisotopic (exact) mass is 374 g/mol. The Morgan fingerprint density at radius 1 is 1.26 bits per heavy atom. The molecule has 1 aromatic heterocycles. The van der Waals surface area contributed by atoms with Crippen LogP contribution in [-0.2, 0) is 20.9 Å². The Morgan fingerprint density at radius 2 is 1.96 bits per heavy atom. The van der Waals surface area contributed by atoms with Gasteiger partial charge in [0.2, 0.25) is 0 Å². The summed E-state index contributed by atoms with van der Waals surface area (Å²) in [6.45, 7) is 8.44. The Bertz CT molecular complexity index is 771. The topological polar surface area (TPSA) is 113 Å². The van der Waals surface area contributed by atoms with Gasteiger partial charge < -0.3 is 14.6 Å². The molecule has 146 valence electrons. The van der Waals surface area contributed by atoms with Crippen molar-refractivity contribution in [3.05, 3.63) is 28.6 Å². The highest BCUT2D eigenvalue weighted by Gasteiger charge is 2.16. The molecule has 2 N–H and O–H groups in total. The average molecular weight is 374 g/mol. The second-order valence-corrected chi connectivity index (χ2v) is 6.03.